The summed E-state index contributed by atoms with van der Waals surface area (Å²) >= 11 is 1.15. The molecule has 4 rings (SSSR count). The van der Waals surface area contributed by atoms with E-state index < -0.39 is 23.2 Å². The monoisotopic (exact) mass is 494 g/mol. The van der Waals surface area contributed by atoms with Gasteiger partial charge in [0.15, 0.2) is 10.8 Å². The van der Waals surface area contributed by atoms with Gasteiger partial charge in [-0.25, -0.2) is 4.98 Å². The molecule has 0 radical (unpaired) electrons. The van der Waals surface area contributed by atoms with E-state index in [1.165, 1.54) is 6.33 Å². The third-order valence-corrected chi connectivity index (χ3v) is 6.58. The molecule has 1 aliphatic rings. The summed E-state index contributed by atoms with van der Waals surface area (Å²) in [4.78, 5) is 47.8. The molecule has 1 atom stereocenters. The zero-order valence-electron chi connectivity index (χ0n) is 18.1. The number of carbonyl (C=O) groups is 2. The highest BCUT2D eigenvalue weighted by Crippen LogP contribution is 2.30. The van der Waals surface area contributed by atoms with Gasteiger partial charge in [0.1, 0.15) is 17.6 Å². The number of anilines is 2. The Bertz CT molecular complexity index is 1270. The van der Waals surface area contributed by atoms with Crippen molar-refractivity contribution in [1.82, 2.24) is 19.9 Å². The Hall–Kier alpha value is -3.48. The van der Waals surface area contributed by atoms with E-state index in [1.54, 1.807) is 7.05 Å². The molecule has 3 aromatic rings. The SMILES string of the molecule is CNC(=O)C1CCCN(c2nc3ncn(CC(=O)Nc4ccc(C(F)(F)F)cc4)c(=O)c3s2)C1. The van der Waals surface area contributed by atoms with E-state index >= 15 is 0 Å². The molecule has 2 N–H and O–H groups in total. The molecule has 0 spiro atoms. The van der Waals surface area contributed by atoms with Crippen molar-refractivity contribution in [3.8, 4) is 0 Å². The summed E-state index contributed by atoms with van der Waals surface area (Å²) in [5, 5.41) is 5.71. The molecular weight excluding hydrogens is 473 g/mol. The Kier molecular flexibility index (Phi) is 6.55. The van der Waals surface area contributed by atoms with Crippen molar-refractivity contribution in [2.75, 3.05) is 30.4 Å². The first-order valence-corrected chi connectivity index (χ1v) is 11.3. The second-order valence-electron chi connectivity index (χ2n) is 7.85. The van der Waals surface area contributed by atoms with Crippen LogP contribution in [-0.2, 0) is 22.3 Å². The molecule has 34 heavy (non-hydrogen) atoms. The van der Waals surface area contributed by atoms with Crippen LogP contribution in [0.4, 0.5) is 24.0 Å². The molecule has 3 heterocycles. The van der Waals surface area contributed by atoms with E-state index in [0.717, 1.165) is 53.0 Å². The number of piperidine rings is 1. The van der Waals surface area contributed by atoms with Gasteiger partial charge in [0.25, 0.3) is 5.56 Å². The van der Waals surface area contributed by atoms with Crippen LogP contribution in [0.2, 0.25) is 0 Å². The molecule has 180 valence electrons. The lowest BCUT2D eigenvalue weighted by molar-refractivity contribution is -0.137. The van der Waals surface area contributed by atoms with Gasteiger partial charge >= 0.3 is 6.18 Å². The highest BCUT2D eigenvalue weighted by Gasteiger charge is 2.30. The lowest BCUT2D eigenvalue weighted by Crippen LogP contribution is -2.42. The first-order valence-electron chi connectivity index (χ1n) is 10.5. The zero-order chi connectivity index (χ0) is 24.5. The van der Waals surface area contributed by atoms with Crippen LogP contribution in [0.5, 0.6) is 0 Å². The number of halogens is 3. The number of amides is 2. The Morgan fingerprint density at radius 1 is 1.24 bits per heavy atom. The van der Waals surface area contributed by atoms with Crippen LogP contribution >= 0.6 is 11.3 Å². The Morgan fingerprint density at radius 2 is 1.97 bits per heavy atom. The molecule has 1 fully saturated rings. The van der Waals surface area contributed by atoms with Gasteiger partial charge in [0, 0.05) is 25.8 Å². The quantitative estimate of drug-likeness (QED) is 0.564. The minimum Gasteiger partial charge on any atom is -0.359 e. The van der Waals surface area contributed by atoms with Crippen LogP contribution in [0, 0.1) is 5.92 Å². The van der Waals surface area contributed by atoms with Crippen molar-refractivity contribution in [2.45, 2.75) is 25.6 Å². The molecule has 1 aromatic carbocycles. The molecule has 1 saturated heterocycles. The number of fused-ring (bicyclic) bond motifs is 1. The fraction of sp³-hybridized carbons (Fsp3) is 0.381. The number of alkyl halides is 3. The van der Waals surface area contributed by atoms with Crippen molar-refractivity contribution in [2.24, 2.45) is 5.92 Å². The molecule has 1 unspecified atom stereocenters. The summed E-state index contributed by atoms with van der Waals surface area (Å²) in [5.41, 5.74) is -0.841. The van der Waals surface area contributed by atoms with Gasteiger partial charge in [-0.05, 0) is 37.1 Å². The highest BCUT2D eigenvalue weighted by atomic mass is 32.1. The normalized spacial score (nSPS) is 16.5. The minimum absolute atomic E-state index is 0.0367. The highest BCUT2D eigenvalue weighted by molar-refractivity contribution is 7.22. The van der Waals surface area contributed by atoms with Gasteiger partial charge in [-0.15, -0.1) is 0 Å². The number of hydrogen-bond acceptors (Lipinski definition) is 7. The van der Waals surface area contributed by atoms with Crippen LogP contribution in [0.1, 0.15) is 18.4 Å². The summed E-state index contributed by atoms with van der Waals surface area (Å²) in [6, 6.07) is 4.02. The fourth-order valence-electron chi connectivity index (χ4n) is 3.75. The van der Waals surface area contributed by atoms with E-state index in [2.05, 4.69) is 20.6 Å². The summed E-state index contributed by atoms with van der Waals surface area (Å²) < 4.78 is 39.4. The second-order valence-corrected chi connectivity index (χ2v) is 8.83. The first kappa shape index (κ1) is 23.7. The maximum atomic E-state index is 12.9. The van der Waals surface area contributed by atoms with Crippen molar-refractivity contribution < 1.29 is 22.8 Å². The average molecular weight is 494 g/mol. The van der Waals surface area contributed by atoms with Gasteiger partial charge in [-0.2, -0.15) is 18.2 Å². The van der Waals surface area contributed by atoms with Crippen molar-refractivity contribution in [3.63, 3.8) is 0 Å². The molecular formula is C21H21F3N6O3S. The number of carbonyl (C=O) groups excluding carboxylic acids is 2. The molecule has 9 nitrogen and oxygen atoms in total. The van der Waals surface area contributed by atoms with E-state index in [0.29, 0.717) is 18.2 Å². The number of rotatable bonds is 5. The van der Waals surface area contributed by atoms with Crippen molar-refractivity contribution in [1.29, 1.82) is 0 Å². The Morgan fingerprint density at radius 3 is 2.65 bits per heavy atom. The molecule has 2 amide bonds. The van der Waals surface area contributed by atoms with Gasteiger partial charge in [-0.3, -0.25) is 19.0 Å². The molecule has 0 saturated carbocycles. The molecule has 0 bridgehead atoms. The van der Waals surface area contributed by atoms with E-state index in [4.69, 9.17) is 0 Å². The number of benzene rings is 1. The zero-order valence-corrected chi connectivity index (χ0v) is 18.9. The van der Waals surface area contributed by atoms with Crippen molar-refractivity contribution in [3.05, 3.63) is 46.5 Å². The van der Waals surface area contributed by atoms with E-state index in [1.807, 2.05) is 4.90 Å². The first-order chi connectivity index (χ1) is 16.2. The number of aromatic nitrogens is 3. The average Bonchev–Trinajstić information content (AvgIpc) is 3.25. The molecule has 13 heteroatoms. The van der Waals surface area contributed by atoms with Crippen LogP contribution in [0.15, 0.2) is 35.4 Å². The lowest BCUT2D eigenvalue weighted by Gasteiger charge is -2.31. The summed E-state index contributed by atoms with van der Waals surface area (Å²) in [6.07, 6.45) is -1.66. The van der Waals surface area contributed by atoms with Crippen LogP contribution < -0.4 is 21.1 Å². The maximum Gasteiger partial charge on any atom is 0.416 e. The molecule has 1 aliphatic heterocycles. The van der Waals surface area contributed by atoms with Gasteiger partial charge in [0.2, 0.25) is 11.8 Å². The Balaban J connectivity index is 1.48. The van der Waals surface area contributed by atoms with Crippen LogP contribution in [-0.4, -0.2) is 46.5 Å². The lowest BCUT2D eigenvalue weighted by atomic mass is 9.98. The maximum absolute atomic E-state index is 12.9. The van der Waals surface area contributed by atoms with E-state index in [9.17, 15) is 27.6 Å². The third-order valence-electron chi connectivity index (χ3n) is 5.49. The van der Waals surface area contributed by atoms with Gasteiger partial charge in [0.05, 0.1) is 11.5 Å². The number of thiazole rings is 1. The number of nitrogens with zero attached hydrogens (tertiary/aromatic N) is 4. The van der Waals surface area contributed by atoms with Gasteiger partial charge in [-0.1, -0.05) is 11.3 Å². The number of nitrogens with one attached hydrogen (secondary N) is 2. The summed E-state index contributed by atoms with van der Waals surface area (Å²) in [6.45, 7) is 0.832. The van der Waals surface area contributed by atoms with Crippen molar-refractivity contribution >= 4 is 44.3 Å². The van der Waals surface area contributed by atoms with Crippen LogP contribution in [0.25, 0.3) is 10.3 Å². The largest absolute Gasteiger partial charge is 0.416 e. The third kappa shape index (κ3) is 5.03. The minimum atomic E-state index is -4.47. The smallest absolute Gasteiger partial charge is 0.359 e. The predicted octanol–water partition coefficient (Wildman–Crippen LogP) is 2.47. The summed E-state index contributed by atoms with van der Waals surface area (Å²) in [7, 11) is 1.60. The molecule has 0 aliphatic carbocycles. The van der Waals surface area contributed by atoms with E-state index in [-0.39, 0.29) is 34.4 Å². The Labute approximate surface area is 195 Å². The standard InChI is InChI=1S/C21H21F3N6O3S/c1-25-18(32)12-3-2-8-29(9-12)20-28-17-16(34-20)19(33)30(11-26-17)10-15(31)27-14-6-4-13(5-7-14)21(22,23)24/h4-7,11-12H,2-3,8-10H2,1H3,(H,25,32)(H,27,31). The van der Waals surface area contributed by atoms with Crippen LogP contribution in [0.3, 0.4) is 0 Å². The topological polar surface area (TPSA) is 109 Å². The number of hydrogen-bond donors (Lipinski definition) is 2. The second kappa shape index (κ2) is 9.41. The molecule has 2 aromatic heterocycles. The van der Waals surface area contributed by atoms with Gasteiger partial charge < -0.3 is 15.5 Å². The fourth-order valence-corrected chi connectivity index (χ4v) is 4.75. The summed E-state index contributed by atoms with van der Waals surface area (Å²) in [5.74, 6) is -0.785. The predicted molar refractivity (Wildman–Crippen MR) is 121 cm³/mol.